The molecule has 1 aliphatic rings. The maximum Gasteiger partial charge on any atom is 0.387 e. The van der Waals surface area contributed by atoms with E-state index in [-0.39, 0.29) is 17.3 Å². The van der Waals surface area contributed by atoms with E-state index < -0.39 is 13.2 Å². The average molecular weight is 436 g/mol. The lowest BCUT2D eigenvalue weighted by molar-refractivity contribution is -0.889. The minimum absolute atomic E-state index is 0.0253. The molecule has 1 N–H and O–H groups in total. The summed E-state index contributed by atoms with van der Waals surface area (Å²) in [5, 5.41) is 0. The lowest BCUT2D eigenvalue weighted by Crippen LogP contribution is -3.13. The number of likely N-dealkylation sites (tertiary alicyclic amines) is 1. The third-order valence-corrected chi connectivity index (χ3v) is 4.89. The van der Waals surface area contributed by atoms with Crippen LogP contribution in [-0.2, 0) is 4.79 Å². The molecule has 0 aliphatic carbocycles. The highest BCUT2D eigenvalue weighted by molar-refractivity contribution is 6.14. The van der Waals surface area contributed by atoms with E-state index in [1.807, 2.05) is 6.92 Å². The molecule has 1 saturated heterocycles. The number of alkyl halides is 4. The van der Waals surface area contributed by atoms with Crippen LogP contribution in [0.15, 0.2) is 59.7 Å². The van der Waals surface area contributed by atoms with Gasteiger partial charge in [0.15, 0.2) is 5.78 Å². The summed E-state index contributed by atoms with van der Waals surface area (Å²) in [6.45, 7) is -2.48. The summed E-state index contributed by atoms with van der Waals surface area (Å²) in [7, 11) is 0. The van der Waals surface area contributed by atoms with Gasteiger partial charge in [-0.05, 0) is 31.2 Å². The fourth-order valence-electron chi connectivity index (χ4n) is 3.43. The number of rotatable bonds is 7. The van der Waals surface area contributed by atoms with E-state index in [0.717, 1.165) is 4.90 Å². The molecule has 1 atom stereocenters. The van der Waals surface area contributed by atoms with Gasteiger partial charge < -0.3 is 14.4 Å². The second kappa shape index (κ2) is 10.3. The minimum Gasteiger partial charge on any atom is -0.434 e. The Kier molecular flexibility index (Phi) is 7.46. The van der Waals surface area contributed by atoms with Gasteiger partial charge in [-0.3, -0.25) is 4.79 Å². The molecule has 164 valence electrons. The first-order chi connectivity index (χ1) is 14.9. The number of halogens is 4. The first kappa shape index (κ1) is 22.6. The predicted octanol–water partition coefficient (Wildman–Crippen LogP) is 3.84. The molecule has 1 heterocycles. The van der Waals surface area contributed by atoms with Crippen LogP contribution in [0.3, 0.4) is 0 Å². The number of ketones is 1. The summed E-state index contributed by atoms with van der Waals surface area (Å²) in [4.78, 5) is 14.2. The van der Waals surface area contributed by atoms with Crippen LogP contribution in [0.5, 0.6) is 11.5 Å². The fourth-order valence-corrected chi connectivity index (χ4v) is 3.43. The first-order valence-electron chi connectivity index (χ1n) is 9.74. The summed E-state index contributed by atoms with van der Waals surface area (Å²) >= 11 is 0. The zero-order chi connectivity index (χ0) is 22.4. The maximum atomic E-state index is 13.1. The molecular weight excluding hydrogens is 414 g/mol. The monoisotopic (exact) mass is 436 g/mol. The van der Waals surface area contributed by atoms with E-state index in [2.05, 4.69) is 9.47 Å². The van der Waals surface area contributed by atoms with Crippen molar-refractivity contribution in [2.24, 2.45) is 0 Å². The molecule has 0 radical (unpaired) electrons. The standard InChI is InChI=1S/C23H21F4NO3/c1-2-28-13-17(11-15-7-3-5-9-19(15)30-22(24)25)21(29)18(14-28)12-16-8-4-6-10-20(16)31-23(26)27/h3-12,22-23H,2,13-14H2,1H3/p+1/b17-11-,18-12+. The van der Waals surface area contributed by atoms with Gasteiger partial charge in [-0.15, -0.1) is 0 Å². The molecule has 2 aromatic rings. The Balaban J connectivity index is 1.98. The SMILES string of the molecule is CC[NH+]1C/C(=C/c2ccccc2OC(F)F)C(=O)/C(=C/c2ccccc2OC(F)F)C1. The first-order valence-corrected chi connectivity index (χ1v) is 9.74. The number of hydrogen-bond acceptors (Lipinski definition) is 3. The molecule has 0 amide bonds. The minimum atomic E-state index is -2.99. The van der Waals surface area contributed by atoms with Gasteiger partial charge in [-0.25, -0.2) is 0 Å². The quantitative estimate of drug-likeness (QED) is 0.530. The van der Waals surface area contributed by atoms with Crippen molar-refractivity contribution in [1.82, 2.24) is 0 Å². The summed E-state index contributed by atoms with van der Waals surface area (Å²) in [5.41, 5.74) is 1.58. The molecule has 0 bridgehead atoms. The summed E-state index contributed by atoms with van der Waals surface area (Å²) in [6, 6.07) is 12.5. The van der Waals surface area contributed by atoms with Crippen molar-refractivity contribution >= 4 is 17.9 Å². The zero-order valence-electron chi connectivity index (χ0n) is 16.8. The number of Topliss-reactive ketones (excluding diaryl/α,β-unsaturated/α-hetero) is 1. The number of ether oxygens (including phenoxy) is 2. The van der Waals surface area contributed by atoms with Crippen molar-refractivity contribution in [3.63, 3.8) is 0 Å². The normalized spacial score (nSPS) is 19.5. The molecule has 4 nitrogen and oxygen atoms in total. The molecule has 0 spiro atoms. The third-order valence-electron chi connectivity index (χ3n) is 4.89. The van der Waals surface area contributed by atoms with Gasteiger partial charge in [-0.1, -0.05) is 36.4 Å². The molecule has 3 rings (SSSR count). The second-order valence-corrected chi connectivity index (χ2v) is 6.96. The largest absolute Gasteiger partial charge is 0.434 e. The predicted molar refractivity (Wildman–Crippen MR) is 108 cm³/mol. The molecular formula is C23H22F4NO3+. The smallest absolute Gasteiger partial charge is 0.387 e. The van der Waals surface area contributed by atoms with Gasteiger partial charge >= 0.3 is 13.2 Å². The highest BCUT2D eigenvalue weighted by Gasteiger charge is 2.29. The van der Waals surface area contributed by atoms with Crippen molar-refractivity contribution in [2.75, 3.05) is 19.6 Å². The summed E-state index contributed by atoms with van der Waals surface area (Å²) in [5.74, 6) is -0.318. The Bertz CT molecular complexity index is 913. The van der Waals surface area contributed by atoms with Crippen molar-refractivity contribution in [3.05, 3.63) is 70.8 Å². The molecule has 8 heteroatoms. The van der Waals surface area contributed by atoms with Gasteiger partial charge in [0.25, 0.3) is 0 Å². The van der Waals surface area contributed by atoms with E-state index in [4.69, 9.17) is 0 Å². The van der Waals surface area contributed by atoms with Crippen molar-refractivity contribution in [3.8, 4) is 11.5 Å². The molecule has 1 aliphatic heterocycles. The highest BCUT2D eigenvalue weighted by atomic mass is 19.3. The zero-order valence-corrected chi connectivity index (χ0v) is 16.8. The third kappa shape index (κ3) is 5.95. The lowest BCUT2D eigenvalue weighted by Gasteiger charge is -2.26. The Labute approximate surface area is 177 Å². The maximum absolute atomic E-state index is 13.1. The number of carbonyl (C=O) groups is 1. The molecule has 0 saturated carbocycles. The Morgan fingerprint density at radius 3 is 1.65 bits per heavy atom. The van der Waals surface area contributed by atoms with Crippen molar-refractivity contribution in [1.29, 1.82) is 0 Å². The highest BCUT2D eigenvalue weighted by Crippen LogP contribution is 2.26. The number of likely N-dealkylation sites (N-methyl/N-ethyl adjacent to an activating group) is 1. The number of nitrogens with one attached hydrogen (secondary N) is 1. The number of hydrogen-bond donors (Lipinski definition) is 1. The lowest BCUT2D eigenvalue weighted by atomic mass is 9.94. The molecule has 0 aromatic heterocycles. The van der Waals surface area contributed by atoms with Crippen LogP contribution in [0.2, 0.25) is 0 Å². The van der Waals surface area contributed by atoms with E-state index in [0.29, 0.717) is 41.9 Å². The average Bonchev–Trinajstić information content (AvgIpc) is 2.72. The molecule has 1 fully saturated rings. The van der Waals surface area contributed by atoms with Gasteiger partial charge in [0.05, 0.1) is 17.7 Å². The van der Waals surface area contributed by atoms with Crippen LogP contribution in [0.25, 0.3) is 12.2 Å². The van der Waals surface area contributed by atoms with Crippen LogP contribution >= 0.6 is 0 Å². The van der Waals surface area contributed by atoms with E-state index in [9.17, 15) is 22.4 Å². The van der Waals surface area contributed by atoms with Crippen molar-refractivity contribution < 1.29 is 36.7 Å². The van der Waals surface area contributed by atoms with E-state index >= 15 is 0 Å². The number of para-hydroxylation sites is 2. The van der Waals surface area contributed by atoms with Crippen LogP contribution in [-0.4, -0.2) is 38.6 Å². The second-order valence-electron chi connectivity index (χ2n) is 6.96. The number of carbonyl (C=O) groups excluding carboxylic acids is 1. The van der Waals surface area contributed by atoms with Gasteiger partial charge in [0.1, 0.15) is 24.6 Å². The van der Waals surface area contributed by atoms with Crippen LogP contribution in [0.1, 0.15) is 18.1 Å². The Hall–Kier alpha value is -3.13. The van der Waals surface area contributed by atoms with E-state index in [1.54, 1.807) is 48.6 Å². The fraction of sp³-hybridized carbons (Fsp3) is 0.261. The molecule has 2 aromatic carbocycles. The van der Waals surface area contributed by atoms with Gasteiger partial charge in [0, 0.05) is 11.1 Å². The van der Waals surface area contributed by atoms with Gasteiger partial charge in [-0.2, -0.15) is 17.6 Å². The van der Waals surface area contributed by atoms with Crippen molar-refractivity contribution in [2.45, 2.75) is 20.1 Å². The molecule has 1 unspecified atom stereocenters. The Morgan fingerprint density at radius 2 is 1.26 bits per heavy atom. The summed E-state index contributed by atoms with van der Waals surface area (Å²) < 4.78 is 60.0. The Morgan fingerprint density at radius 1 is 0.839 bits per heavy atom. The van der Waals surface area contributed by atoms with Gasteiger partial charge in [0.2, 0.25) is 0 Å². The van der Waals surface area contributed by atoms with E-state index in [1.165, 1.54) is 12.1 Å². The molecule has 31 heavy (non-hydrogen) atoms. The number of quaternary nitrogens is 1. The van der Waals surface area contributed by atoms with Crippen LogP contribution < -0.4 is 14.4 Å². The summed E-state index contributed by atoms with van der Waals surface area (Å²) in [6.07, 6.45) is 3.09. The van der Waals surface area contributed by atoms with Crippen LogP contribution in [0.4, 0.5) is 17.6 Å². The number of benzene rings is 2. The topological polar surface area (TPSA) is 40.0 Å². The number of piperidine rings is 1. The van der Waals surface area contributed by atoms with Crippen LogP contribution in [0, 0.1) is 0 Å².